The summed E-state index contributed by atoms with van der Waals surface area (Å²) >= 11 is 0. The van der Waals surface area contributed by atoms with Crippen molar-refractivity contribution in [3.63, 3.8) is 0 Å². The summed E-state index contributed by atoms with van der Waals surface area (Å²) in [5.74, 6) is -0.679. The van der Waals surface area contributed by atoms with Gasteiger partial charge in [0.25, 0.3) is 0 Å². The molecule has 2 aromatic rings. The summed E-state index contributed by atoms with van der Waals surface area (Å²) in [5, 5.41) is 11.0. The zero-order valence-corrected chi connectivity index (χ0v) is 13.6. The van der Waals surface area contributed by atoms with E-state index in [9.17, 15) is 9.59 Å². The van der Waals surface area contributed by atoms with Gasteiger partial charge in [-0.3, -0.25) is 0 Å². The molecule has 2 rings (SSSR count). The lowest BCUT2D eigenvalue weighted by atomic mass is 10.1. The first-order chi connectivity index (χ1) is 12.2. The number of rotatable bonds is 7. The third-order valence-electron chi connectivity index (χ3n) is 3.35. The highest BCUT2D eigenvalue weighted by Gasteiger charge is 2.23. The fourth-order valence-corrected chi connectivity index (χ4v) is 2.15. The molecule has 0 aliphatic heterocycles. The second-order valence-corrected chi connectivity index (χ2v) is 5.21. The minimum absolute atomic E-state index is 0.0952. The van der Waals surface area contributed by atoms with Gasteiger partial charge >= 0.3 is 12.1 Å². The first kappa shape index (κ1) is 18.0. The smallest absolute Gasteiger partial charge is 0.408 e. The van der Waals surface area contributed by atoms with E-state index in [0.29, 0.717) is 0 Å². The summed E-state index contributed by atoms with van der Waals surface area (Å²) in [5.41, 5.74) is 1.69. The van der Waals surface area contributed by atoms with Gasteiger partial charge in [0.15, 0.2) is 6.61 Å². The molecule has 0 saturated carbocycles. The molecule has 0 radical (unpaired) electrons. The summed E-state index contributed by atoms with van der Waals surface area (Å²) in [4.78, 5) is 24.1. The maximum absolute atomic E-state index is 12.1. The van der Waals surface area contributed by atoms with Crippen LogP contribution in [0.3, 0.4) is 0 Å². The molecule has 6 nitrogen and oxygen atoms in total. The Bertz CT molecular complexity index is 726. The van der Waals surface area contributed by atoms with E-state index in [1.54, 1.807) is 6.07 Å². The molecule has 0 saturated heterocycles. The molecule has 6 heteroatoms. The van der Waals surface area contributed by atoms with Gasteiger partial charge < -0.3 is 14.8 Å². The Morgan fingerprint density at radius 1 is 0.960 bits per heavy atom. The van der Waals surface area contributed by atoms with Crippen LogP contribution < -0.4 is 5.32 Å². The molecule has 1 unspecified atom stereocenters. The molecular formula is C19H18N2O4. The number of esters is 1. The number of benzene rings is 2. The van der Waals surface area contributed by atoms with Crippen LogP contribution in [-0.2, 0) is 27.3 Å². The molecule has 1 atom stereocenters. The summed E-state index contributed by atoms with van der Waals surface area (Å²) < 4.78 is 9.95. The maximum Gasteiger partial charge on any atom is 0.408 e. The van der Waals surface area contributed by atoms with Gasteiger partial charge in [0.1, 0.15) is 18.7 Å². The zero-order chi connectivity index (χ0) is 17.9. The third-order valence-corrected chi connectivity index (χ3v) is 3.35. The number of hydrogen-bond donors (Lipinski definition) is 1. The van der Waals surface area contributed by atoms with E-state index in [1.165, 1.54) is 0 Å². The van der Waals surface area contributed by atoms with E-state index in [-0.39, 0.29) is 19.6 Å². The average Bonchev–Trinajstić information content (AvgIpc) is 2.65. The molecule has 0 aliphatic carbocycles. The first-order valence-electron chi connectivity index (χ1n) is 7.74. The molecule has 128 valence electrons. The lowest BCUT2D eigenvalue weighted by Gasteiger charge is -2.17. The van der Waals surface area contributed by atoms with Gasteiger partial charge in [0.05, 0.1) is 0 Å². The second kappa shape index (κ2) is 9.73. The summed E-state index contributed by atoms with van der Waals surface area (Å²) in [7, 11) is 0. The molecule has 2 aromatic carbocycles. The number of alkyl carbamates (subject to hydrolysis) is 1. The molecule has 0 aromatic heterocycles. The van der Waals surface area contributed by atoms with Crippen molar-refractivity contribution < 1.29 is 19.1 Å². The van der Waals surface area contributed by atoms with Crippen molar-refractivity contribution in [3.05, 3.63) is 71.8 Å². The van der Waals surface area contributed by atoms with Crippen LogP contribution in [0.2, 0.25) is 0 Å². The highest BCUT2D eigenvalue weighted by molar-refractivity contribution is 5.81. The first-order valence-corrected chi connectivity index (χ1v) is 7.74. The van der Waals surface area contributed by atoms with Crippen LogP contribution in [0.4, 0.5) is 4.79 Å². The van der Waals surface area contributed by atoms with Gasteiger partial charge in [-0.1, -0.05) is 60.7 Å². The van der Waals surface area contributed by atoms with E-state index >= 15 is 0 Å². The van der Waals surface area contributed by atoms with Crippen molar-refractivity contribution in [1.82, 2.24) is 5.32 Å². The largest absolute Gasteiger partial charge is 0.449 e. The Morgan fingerprint density at radius 3 is 2.16 bits per heavy atom. The van der Waals surface area contributed by atoms with Gasteiger partial charge in [-0.15, -0.1) is 0 Å². The molecule has 0 bridgehead atoms. The molecule has 0 fully saturated rings. The van der Waals surface area contributed by atoms with Gasteiger partial charge in [-0.05, 0) is 11.1 Å². The van der Waals surface area contributed by atoms with Crippen molar-refractivity contribution in [2.24, 2.45) is 0 Å². The van der Waals surface area contributed by atoms with E-state index in [0.717, 1.165) is 11.1 Å². The predicted octanol–water partition coefficient (Wildman–Crippen LogP) is 2.59. The lowest BCUT2D eigenvalue weighted by Crippen LogP contribution is -2.43. The highest BCUT2D eigenvalue weighted by atomic mass is 16.6. The number of ether oxygens (including phenoxy) is 2. The number of nitrogens with one attached hydrogen (secondary N) is 1. The molecular weight excluding hydrogens is 320 g/mol. The van der Waals surface area contributed by atoms with E-state index < -0.39 is 18.1 Å². The Labute approximate surface area is 146 Å². The molecule has 1 N–H and O–H groups in total. The van der Waals surface area contributed by atoms with E-state index in [4.69, 9.17) is 14.7 Å². The third kappa shape index (κ3) is 6.36. The normalized spacial score (nSPS) is 11.0. The fraction of sp³-hybridized carbons (Fsp3) is 0.211. The van der Waals surface area contributed by atoms with Crippen LogP contribution in [-0.4, -0.2) is 24.7 Å². The van der Waals surface area contributed by atoms with Crippen molar-refractivity contribution in [2.75, 3.05) is 6.61 Å². The number of amides is 1. The number of carbonyl (C=O) groups is 2. The van der Waals surface area contributed by atoms with Gasteiger partial charge in [0.2, 0.25) is 0 Å². The SMILES string of the molecule is N#CCOC(=O)C(Cc1ccccc1)NC(=O)OCc1ccccc1. The quantitative estimate of drug-likeness (QED) is 0.784. The summed E-state index contributed by atoms with van der Waals surface area (Å²) in [6.07, 6.45) is -0.482. The van der Waals surface area contributed by atoms with E-state index in [1.807, 2.05) is 60.7 Å². The van der Waals surface area contributed by atoms with Crippen molar-refractivity contribution in [2.45, 2.75) is 19.1 Å². The Morgan fingerprint density at radius 2 is 1.56 bits per heavy atom. The average molecular weight is 338 g/mol. The van der Waals surface area contributed by atoms with Gasteiger partial charge in [-0.25, -0.2) is 9.59 Å². The topological polar surface area (TPSA) is 88.4 Å². The lowest BCUT2D eigenvalue weighted by molar-refractivity contribution is -0.144. The Kier molecular flexibility index (Phi) is 7.01. The minimum Gasteiger partial charge on any atom is -0.449 e. The maximum atomic E-state index is 12.1. The van der Waals surface area contributed by atoms with Crippen molar-refractivity contribution >= 4 is 12.1 Å². The minimum atomic E-state index is -0.931. The molecule has 0 spiro atoms. The molecule has 25 heavy (non-hydrogen) atoms. The van der Waals surface area contributed by atoms with Gasteiger partial charge in [0, 0.05) is 6.42 Å². The standard InChI is InChI=1S/C19H18N2O4/c20-11-12-24-18(22)17(13-15-7-3-1-4-8-15)21-19(23)25-14-16-9-5-2-6-10-16/h1-10,17H,12-14H2,(H,21,23). The summed E-state index contributed by atoms with van der Waals surface area (Å²) in [6.45, 7) is -0.275. The highest BCUT2D eigenvalue weighted by Crippen LogP contribution is 2.06. The summed E-state index contributed by atoms with van der Waals surface area (Å²) in [6, 6.07) is 19.2. The van der Waals surface area contributed by atoms with Crippen LogP contribution >= 0.6 is 0 Å². The number of nitriles is 1. The molecule has 0 heterocycles. The second-order valence-electron chi connectivity index (χ2n) is 5.21. The van der Waals surface area contributed by atoms with Crippen molar-refractivity contribution in [1.29, 1.82) is 5.26 Å². The van der Waals surface area contributed by atoms with Crippen LogP contribution in [0, 0.1) is 11.3 Å². The predicted molar refractivity (Wildman–Crippen MR) is 90.3 cm³/mol. The number of nitrogens with zero attached hydrogens (tertiary/aromatic N) is 1. The number of hydrogen-bond acceptors (Lipinski definition) is 5. The zero-order valence-electron chi connectivity index (χ0n) is 13.6. The van der Waals surface area contributed by atoms with Gasteiger partial charge in [-0.2, -0.15) is 5.26 Å². The van der Waals surface area contributed by atoms with Crippen LogP contribution in [0.5, 0.6) is 0 Å². The van der Waals surface area contributed by atoms with Crippen molar-refractivity contribution in [3.8, 4) is 6.07 Å². The Balaban J connectivity index is 1.95. The fourth-order valence-electron chi connectivity index (χ4n) is 2.15. The van der Waals surface area contributed by atoms with Crippen LogP contribution in [0.15, 0.2) is 60.7 Å². The molecule has 0 aliphatic rings. The Hall–Kier alpha value is -3.33. The monoisotopic (exact) mass is 338 g/mol. The molecule has 1 amide bonds. The van der Waals surface area contributed by atoms with Crippen LogP contribution in [0.1, 0.15) is 11.1 Å². The number of carbonyl (C=O) groups excluding carboxylic acids is 2. The van der Waals surface area contributed by atoms with Crippen LogP contribution in [0.25, 0.3) is 0 Å². The van der Waals surface area contributed by atoms with E-state index in [2.05, 4.69) is 5.32 Å².